The lowest BCUT2D eigenvalue weighted by Crippen LogP contribution is -2.45. The number of hydrogen-bond acceptors (Lipinski definition) is 5. The van der Waals surface area contributed by atoms with Gasteiger partial charge in [-0.2, -0.15) is 0 Å². The van der Waals surface area contributed by atoms with Crippen molar-refractivity contribution in [2.45, 2.75) is 5.79 Å². The second-order valence-electron chi connectivity index (χ2n) is 7.70. The molecular weight excluding hydrogens is 418 g/mol. The molecule has 0 fully saturated rings. The van der Waals surface area contributed by atoms with E-state index in [4.69, 9.17) is 14.2 Å². The molecule has 0 radical (unpaired) electrons. The van der Waals surface area contributed by atoms with Crippen molar-refractivity contribution < 1.29 is 23.8 Å². The SMILES string of the molecule is COc1ccc(C23CN(C(=O)C=C(c4ccccc4)O2)C(=O)C=C(c2ccccc2)O3)cc1. The van der Waals surface area contributed by atoms with Crippen LogP contribution in [0, 0.1) is 0 Å². The number of carbonyl (C=O) groups is 2. The van der Waals surface area contributed by atoms with Gasteiger partial charge in [-0.3, -0.25) is 14.5 Å². The third-order valence-corrected chi connectivity index (χ3v) is 5.60. The number of methoxy groups -OCH3 is 1. The van der Waals surface area contributed by atoms with Gasteiger partial charge < -0.3 is 14.2 Å². The molecule has 5 rings (SSSR count). The van der Waals surface area contributed by atoms with E-state index in [1.165, 1.54) is 12.2 Å². The number of nitrogens with zero attached hydrogens (tertiary/aromatic N) is 1. The van der Waals surface area contributed by atoms with E-state index in [0.717, 1.165) is 4.90 Å². The summed E-state index contributed by atoms with van der Waals surface area (Å²) in [7, 11) is 1.59. The quantitative estimate of drug-likeness (QED) is 0.566. The van der Waals surface area contributed by atoms with Gasteiger partial charge in [0.1, 0.15) is 23.8 Å². The Labute approximate surface area is 191 Å². The van der Waals surface area contributed by atoms with Crippen LogP contribution in [0.5, 0.6) is 5.75 Å². The van der Waals surface area contributed by atoms with Crippen LogP contribution in [0.2, 0.25) is 0 Å². The topological polar surface area (TPSA) is 65.1 Å². The molecule has 6 heteroatoms. The smallest absolute Gasteiger partial charge is 0.296 e. The van der Waals surface area contributed by atoms with E-state index < -0.39 is 17.6 Å². The standard InChI is InChI=1S/C27H21NO5/c1-31-22-14-12-21(13-15-22)27-18-28(25(29)16-23(32-27)19-8-4-2-5-9-19)26(30)17-24(33-27)20-10-6-3-7-11-20/h2-17H,18H2,1H3. The fourth-order valence-corrected chi connectivity index (χ4v) is 3.90. The summed E-state index contributed by atoms with van der Waals surface area (Å²) in [5.41, 5.74) is 2.04. The summed E-state index contributed by atoms with van der Waals surface area (Å²) in [6, 6.07) is 25.8. The molecule has 0 N–H and O–H groups in total. The lowest BCUT2D eigenvalue weighted by molar-refractivity contribution is -0.174. The van der Waals surface area contributed by atoms with E-state index in [1.54, 1.807) is 19.2 Å². The minimum atomic E-state index is -1.46. The average Bonchev–Trinajstić information content (AvgIpc) is 3.12. The van der Waals surface area contributed by atoms with E-state index in [9.17, 15) is 9.59 Å². The summed E-state index contributed by atoms with van der Waals surface area (Å²) in [6.07, 6.45) is 2.67. The van der Waals surface area contributed by atoms with Crippen molar-refractivity contribution in [2.24, 2.45) is 0 Å². The molecule has 0 unspecified atom stereocenters. The van der Waals surface area contributed by atoms with Gasteiger partial charge in [-0.05, 0) is 24.3 Å². The van der Waals surface area contributed by atoms with Crippen LogP contribution in [-0.2, 0) is 24.8 Å². The van der Waals surface area contributed by atoms with Gasteiger partial charge >= 0.3 is 0 Å². The number of ether oxygens (including phenoxy) is 3. The van der Waals surface area contributed by atoms with Crippen molar-refractivity contribution in [3.63, 3.8) is 0 Å². The molecular formula is C27H21NO5. The van der Waals surface area contributed by atoms with Crippen molar-refractivity contribution in [3.05, 3.63) is 114 Å². The van der Waals surface area contributed by atoms with E-state index in [2.05, 4.69) is 0 Å². The Bertz CT molecular complexity index is 1180. The van der Waals surface area contributed by atoms with Crippen molar-refractivity contribution >= 4 is 23.3 Å². The number of rotatable bonds is 4. The number of carbonyl (C=O) groups excluding carboxylic acids is 2. The molecule has 0 saturated carbocycles. The number of fused-ring (bicyclic) bond motifs is 2. The molecule has 0 aliphatic carbocycles. The molecule has 2 aliphatic heterocycles. The fourth-order valence-electron chi connectivity index (χ4n) is 3.90. The van der Waals surface area contributed by atoms with Crippen molar-refractivity contribution in [2.75, 3.05) is 13.7 Å². The lowest BCUT2D eigenvalue weighted by Gasteiger charge is -2.35. The zero-order chi connectivity index (χ0) is 22.8. The highest BCUT2D eigenvalue weighted by molar-refractivity contribution is 6.09. The Balaban J connectivity index is 1.69. The molecule has 3 aromatic rings. The van der Waals surface area contributed by atoms with Crippen LogP contribution >= 0.6 is 0 Å². The van der Waals surface area contributed by atoms with Crippen LogP contribution in [0.3, 0.4) is 0 Å². The first-order chi connectivity index (χ1) is 16.1. The number of benzene rings is 3. The maximum atomic E-state index is 13.1. The second kappa shape index (κ2) is 8.31. The Morgan fingerprint density at radius 2 is 1.21 bits per heavy atom. The number of amides is 2. The maximum absolute atomic E-state index is 13.1. The summed E-state index contributed by atoms with van der Waals surface area (Å²) in [6.45, 7) is -0.114. The van der Waals surface area contributed by atoms with Gasteiger partial charge in [0, 0.05) is 28.8 Å². The van der Waals surface area contributed by atoms with Crippen molar-refractivity contribution in [1.29, 1.82) is 0 Å². The average molecular weight is 439 g/mol. The van der Waals surface area contributed by atoms with Crippen molar-refractivity contribution in [3.8, 4) is 5.75 Å². The zero-order valence-electron chi connectivity index (χ0n) is 17.9. The first kappa shape index (κ1) is 20.6. The largest absolute Gasteiger partial charge is 0.497 e. The monoisotopic (exact) mass is 439 g/mol. The Kier molecular flexibility index (Phi) is 5.18. The summed E-state index contributed by atoms with van der Waals surface area (Å²) >= 11 is 0. The molecule has 2 bridgehead atoms. The predicted octanol–water partition coefficient (Wildman–Crippen LogP) is 4.35. The van der Waals surface area contributed by atoms with Crippen LogP contribution in [-0.4, -0.2) is 30.4 Å². The van der Waals surface area contributed by atoms with Crippen molar-refractivity contribution in [1.82, 2.24) is 4.90 Å². The van der Waals surface area contributed by atoms with Gasteiger partial charge in [0.05, 0.1) is 7.11 Å². The van der Waals surface area contributed by atoms with E-state index in [1.807, 2.05) is 72.8 Å². The molecule has 0 aromatic heterocycles. The third kappa shape index (κ3) is 3.87. The molecule has 164 valence electrons. The molecule has 3 aromatic carbocycles. The van der Waals surface area contributed by atoms with Gasteiger partial charge in [0.2, 0.25) is 0 Å². The van der Waals surface area contributed by atoms with Crippen LogP contribution in [0.15, 0.2) is 97.1 Å². The maximum Gasteiger partial charge on any atom is 0.296 e. The number of imide groups is 1. The summed E-state index contributed by atoms with van der Waals surface area (Å²) < 4.78 is 18.3. The van der Waals surface area contributed by atoms with Gasteiger partial charge in [-0.1, -0.05) is 60.7 Å². The van der Waals surface area contributed by atoms with E-state index in [-0.39, 0.29) is 6.54 Å². The van der Waals surface area contributed by atoms with Gasteiger partial charge in [0.15, 0.2) is 0 Å². The van der Waals surface area contributed by atoms with Gasteiger partial charge in [-0.15, -0.1) is 0 Å². The zero-order valence-corrected chi connectivity index (χ0v) is 17.9. The summed E-state index contributed by atoms with van der Waals surface area (Å²) in [5, 5.41) is 0. The van der Waals surface area contributed by atoms with Gasteiger partial charge in [0.25, 0.3) is 17.6 Å². The second-order valence-corrected chi connectivity index (χ2v) is 7.70. The normalized spacial score (nSPS) is 17.1. The lowest BCUT2D eigenvalue weighted by atomic mass is 10.0. The van der Waals surface area contributed by atoms with E-state index in [0.29, 0.717) is 34.0 Å². The minimum Gasteiger partial charge on any atom is -0.497 e. The minimum absolute atomic E-state index is 0.114. The molecule has 0 saturated heterocycles. The summed E-state index contributed by atoms with van der Waals surface area (Å²) in [4.78, 5) is 27.4. The molecule has 2 heterocycles. The fraction of sp³-hybridized carbons (Fsp3) is 0.111. The van der Waals surface area contributed by atoms with E-state index >= 15 is 0 Å². The van der Waals surface area contributed by atoms with Crippen LogP contribution in [0.1, 0.15) is 16.7 Å². The highest BCUT2D eigenvalue weighted by Crippen LogP contribution is 2.42. The van der Waals surface area contributed by atoms with Gasteiger partial charge in [-0.25, -0.2) is 0 Å². The van der Waals surface area contributed by atoms with Crippen LogP contribution in [0.4, 0.5) is 0 Å². The third-order valence-electron chi connectivity index (χ3n) is 5.60. The molecule has 0 atom stereocenters. The highest BCUT2D eigenvalue weighted by atomic mass is 16.7. The first-order valence-electron chi connectivity index (χ1n) is 10.5. The molecule has 6 nitrogen and oxygen atoms in total. The van der Waals surface area contributed by atoms with Crippen LogP contribution < -0.4 is 4.74 Å². The Hall–Kier alpha value is -4.32. The summed E-state index contributed by atoms with van der Waals surface area (Å²) in [5.74, 6) is -1.10. The number of hydrogen-bond donors (Lipinski definition) is 0. The predicted molar refractivity (Wildman–Crippen MR) is 122 cm³/mol. The molecule has 33 heavy (non-hydrogen) atoms. The first-order valence-corrected chi connectivity index (χ1v) is 10.5. The molecule has 0 spiro atoms. The Morgan fingerprint density at radius 3 is 1.67 bits per heavy atom. The highest BCUT2D eigenvalue weighted by Gasteiger charge is 2.47. The molecule has 2 aliphatic rings. The van der Waals surface area contributed by atoms with Crippen LogP contribution in [0.25, 0.3) is 11.5 Å². The molecule has 2 amide bonds. The Morgan fingerprint density at radius 1 is 0.727 bits per heavy atom.